The van der Waals surface area contributed by atoms with E-state index in [0.717, 1.165) is 49.2 Å². The van der Waals surface area contributed by atoms with E-state index in [0.29, 0.717) is 6.54 Å². The van der Waals surface area contributed by atoms with Crippen LogP contribution in [0.15, 0.2) is 29.6 Å². The predicted octanol–water partition coefficient (Wildman–Crippen LogP) is 1.67. The molecule has 0 aliphatic rings. The number of aryl methyl sites for hydroxylation is 1. The lowest BCUT2D eigenvalue weighted by atomic mass is 10.2. The number of nitrogens with zero attached hydrogens (tertiary/aromatic N) is 6. The zero-order valence-corrected chi connectivity index (χ0v) is 18.3. The lowest BCUT2D eigenvalue weighted by Gasteiger charge is -2.16. The maximum atomic E-state index is 4.68. The smallest absolute Gasteiger partial charge is 0.191 e. The summed E-state index contributed by atoms with van der Waals surface area (Å²) in [4.78, 5) is 11.1. The van der Waals surface area contributed by atoms with Crippen molar-refractivity contribution in [3.05, 3.63) is 36.0 Å². The van der Waals surface area contributed by atoms with Crippen molar-refractivity contribution in [3.8, 4) is 0 Å². The van der Waals surface area contributed by atoms with E-state index in [1.54, 1.807) is 12.5 Å². The summed E-state index contributed by atoms with van der Waals surface area (Å²) >= 11 is 0. The van der Waals surface area contributed by atoms with Crippen LogP contribution in [0.4, 0.5) is 5.82 Å². The highest BCUT2D eigenvalue weighted by molar-refractivity contribution is 14.0. The molecule has 2 aromatic heterocycles. The monoisotopic (exact) mass is 472 g/mol. The molecule has 2 aromatic rings. The highest BCUT2D eigenvalue weighted by Crippen LogP contribution is 2.15. The maximum absolute atomic E-state index is 4.68. The van der Waals surface area contributed by atoms with Gasteiger partial charge in [-0.1, -0.05) is 13.0 Å². The Kier molecular flexibility index (Phi) is 9.92. The van der Waals surface area contributed by atoms with Crippen molar-refractivity contribution in [3.63, 3.8) is 0 Å². The Balaban J connectivity index is 0.00000338. The number of aliphatic imine (C=N–C) groups is 1. The van der Waals surface area contributed by atoms with Gasteiger partial charge in [0.2, 0.25) is 0 Å². The van der Waals surface area contributed by atoms with Gasteiger partial charge in [0.05, 0.1) is 6.54 Å². The van der Waals surface area contributed by atoms with Gasteiger partial charge in [-0.3, -0.25) is 0 Å². The highest BCUT2D eigenvalue weighted by atomic mass is 127. The topological polar surface area (TPSA) is 83.3 Å². The third kappa shape index (κ3) is 6.43. The fourth-order valence-corrected chi connectivity index (χ4v) is 2.50. The standard InChI is InChI=1S/C17H28N8.HI/c1-5-15-23-22-13-25(15)11-10-20-17(18-6-2)21-12-14-8-7-9-19-16(14)24(3)4;/h7-9,13H,5-6,10-12H2,1-4H3,(H2,18,20,21);1H. The van der Waals surface area contributed by atoms with Crippen LogP contribution in [0.25, 0.3) is 0 Å². The van der Waals surface area contributed by atoms with Crippen LogP contribution in [0.5, 0.6) is 0 Å². The Morgan fingerprint density at radius 2 is 2.08 bits per heavy atom. The highest BCUT2D eigenvalue weighted by Gasteiger charge is 2.06. The third-order valence-corrected chi connectivity index (χ3v) is 3.70. The molecular weight excluding hydrogens is 443 g/mol. The van der Waals surface area contributed by atoms with Gasteiger partial charge in [-0.15, -0.1) is 34.2 Å². The van der Waals surface area contributed by atoms with Crippen molar-refractivity contribution >= 4 is 35.8 Å². The predicted molar refractivity (Wildman–Crippen MR) is 116 cm³/mol. The van der Waals surface area contributed by atoms with E-state index in [2.05, 4.69) is 55.3 Å². The molecule has 0 spiro atoms. The van der Waals surface area contributed by atoms with Crippen LogP contribution in [0.2, 0.25) is 0 Å². The minimum Gasteiger partial charge on any atom is -0.362 e. The summed E-state index contributed by atoms with van der Waals surface area (Å²) in [7, 11) is 3.98. The van der Waals surface area contributed by atoms with Crippen LogP contribution in [-0.4, -0.2) is 52.9 Å². The molecule has 0 aromatic carbocycles. The Bertz CT molecular complexity index is 683. The molecular formula is C17H29IN8. The van der Waals surface area contributed by atoms with E-state index in [1.165, 1.54) is 0 Å². The second kappa shape index (κ2) is 11.7. The molecule has 26 heavy (non-hydrogen) atoms. The van der Waals surface area contributed by atoms with Gasteiger partial charge in [-0.25, -0.2) is 9.98 Å². The molecule has 0 radical (unpaired) electrons. The minimum atomic E-state index is 0. The number of guanidine groups is 1. The molecule has 9 heteroatoms. The van der Waals surface area contributed by atoms with Crippen molar-refractivity contribution < 1.29 is 0 Å². The van der Waals surface area contributed by atoms with E-state index >= 15 is 0 Å². The van der Waals surface area contributed by atoms with Gasteiger partial charge in [-0.05, 0) is 13.0 Å². The van der Waals surface area contributed by atoms with Crippen LogP contribution >= 0.6 is 24.0 Å². The van der Waals surface area contributed by atoms with Crippen molar-refractivity contribution in [1.82, 2.24) is 30.4 Å². The first kappa shape index (κ1) is 22.1. The third-order valence-electron chi connectivity index (χ3n) is 3.70. The Morgan fingerprint density at radius 1 is 1.27 bits per heavy atom. The van der Waals surface area contributed by atoms with E-state index in [9.17, 15) is 0 Å². The summed E-state index contributed by atoms with van der Waals surface area (Å²) in [5, 5.41) is 14.7. The van der Waals surface area contributed by atoms with Gasteiger partial charge in [0, 0.05) is 51.9 Å². The van der Waals surface area contributed by atoms with E-state index < -0.39 is 0 Å². The number of halogens is 1. The van der Waals surface area contributed by atoms with Crippen molar-refractivity contribution in [1.29, 1.82) is 0 Å². The minimum absolute atomic E-state index is 0. The first-order chi connectivity index (χ1) is 12.2. The van der Waals surface area contributed by atoms with Gasteiger partial charge in [0.15, 0.2) is 5.96 Å². The second-order valence-corrected chi connectivity index (χ2v) is 5.80. The van der Waals surface area contributed by atoms with Crippen LogP contribution in [0.3, 0.4) is 0 Å². The first-order valence-corrected chi connectivity index (χ1v) is 8.65. The zero-order chi connectivity index (χ0) is 18.1. The molecule has 144 valence electrons. The average molecular weight is 472 g/mol. The van der Waals surface area contributed by atoms with Gasteiger partial charge in [0.25, 0.3) is 0 Å². The fraction of sp³-hybridized carbons (Fsp3) is 0.529. The summed E-state index contributed by atoms with van der Waals surface area (Å²) in [5.41, 5.74) is 1.09. The number of rotatable bonds is 8. The number of hydrogen-bond acceptors (Lipinski definition) is 5. The van der Waals surface area contributed by atoms with Crippen LogP contribution in [-0.2, 0) is 19.5 Å². The molecule has 0 saturated heterocycles. The number of pyridine rings is 1. The molecule has 8 nitrogen and oxygen atoms in total. The first-order valence-electron chi connectivity index (χ1n) is 8.65. The number of hydrogen-bond donors (Lipinski definition) is 2. The van der Waals surface area contributed by atoms with Crippen LogP contribution in [0, 0.1) is 0 Å². The molecule has 0 atom stereocenters. The number of nitrogens with one attached hydrogen (secondary N) is 2. The second-order valence-electron chi connectivity index (χ2n) is 5.80. The SMILES string of the molecule is CCNC(=NCc1cccnc1N(C)C)NCCn1cnnc1CC.I. The zero-order valence-electron chi connectivity index (χ0n) is 15.9. The van der Waals surface area contributed by atoms with Crippen LogP contribution < -0.4 is 15.5 Å². The molecule has 0 aliphatic carbocycles. The fourth-order valence-electron chi connectivity index (χ4n) is 2.50. The lowest BCUT2D eigenvalue weighted by Crippen LogP contribution is -2.39. The Hall–Kier alpha value is -1.91. The van der Waals surface area contributed by atoms with E-state index in [4.69, 9.17) is 0 Å². The summed E-state index contributed by atoms with van der Waals surface area (Å²) in [6.07, 6.45) is 4.45. The summed E-state index contributed by atoms with van der Waals surface area (Å²) in [6.45, 7) is 7.08. The maximum Gasteiger partial charge on any atom is 0.191 e. The lowest BCUT2D eigenvalue weighted by molar-refractivity contribution is 0.632. The molecule has 2 N–H and O–H groups in total. The molecule has 2 rings (SSSR count). The summed E-state index contributed by atoms with van der Waals surface area (Å²) in [6, 6.07) is 4.00. The van der Waals surface area contributed by atoms with Crippen molar-refractivity contribution in [2.45, 2.75) is 33.4 Å². The molecule has 0 fully saturated rings. The molecule has 0 saturated carbocycles. The Morgan fingerprint density at radius 3 is 2.77 bits per heavy atom. The van der Waals surface area contributed by atoms with E-state index in [-0.39, 0.29) is 24.0 Å². The molecule has 2 heterocycles. The molecule has 0 aliphatic heterocycles. The number of aromatic nitrogens is 4. The van der Waals surface area contributed by atoms with Gasteiger partial charge in [0.1, 0.15) is 18.0 Å². The normalized spacial score (nSPS) is 11.0. The van der Waals surface area contributed by atoms with Gasteiger partial charge in [-0.2, -0.15) is 0 Å². The molecule has 0 bridgehead atoms. The molecule has 0 unspecified atom stereocenters. The van der Waals surface area contributed by atoms with Crippen molar-refractivity contribution in [2.24, 2.45) is 4.99 Å². The van der Waals surface area contributed by atoms with Crippen LogP contribution in [0.1, 0.15) is 25.2 Å². The summed E-state index contributed by atoms with van der Waals surface area (Å²) in [5.74, 6) is 2.73. The largest absolute Gasteiger partial charge is 0.362 e. The summed E-state index contributed by atoms with van der Waals surface area (Å²) < 4.78 is 2.06. The van der Waals surface area contributed by atoms with Crippen molar-refractivity contribution in [2.75, 3.05) is 32.1 Å². The quantitative estimate of drug-likeness (QED) is 0.346. The molecule has 0 amide bonds. The van der Waals surface area contributed by atoms with Gasteiger partial charge >= 0.3 is 0 Å². The van der Waals surface area contributed by atoms with E-state index in [1.807, 2.05) is 25.1 Å². The average Bonchev–Trinajstić information content (AvgIpc) is 3.07. The number of anilines is 1. The van der Waals surface area contributed by atoms with Gasteiger partial charge < -0.3 is 20.1 Å². The Labute approximate surface area is 172 Å².